The largest absolute Gasteiger partial charge is 0.292 e. The van der Waals surface area contributed by atoms with Crippen LogP contribution in [0.4, 0.5) is 0 Å². The molecule has 3 heterocycles. The van der Waals surface area contributed by atoms with E-state index < -0.39 is 0 Å². The first kappa shape index (κ1) is 28.9. The summed E-state index contributed by atoms with van der Waals surface area (Å²) in [5.41, 5.74) is 9.75. The van der Waals surface area contributed by atoms with Crippen LogP contribution in [0.2, 0.25) is 0 Å². The number of nitrogens with zero attached hydrogens (tertiary/aromatic N) is 3. The highest BCUT2D eigenvalue weighted by molar-refractivity contribution is 7.26. The fourth-order valence-corrected chi connectivity index (χ4v) is 8.16. The van der Waals surface area contributed by atoms with Crippen molar-refractivity contribution < 1.29 is 0 Å². The van der Waals surface area contributed by atoms with Crippen molar-refractivity contribution in [2.45, 2.75) is 65.7 Å². The quantitative estimate of drug-likeness (QED) is 0.184. The maximum Gasteiger partial charge on any atom is 0.145 e. The Balaban J connectivity index is 1.41. The van der Waals surface area contributed by atoms with Crippen LogP contribution in [0, 0.1) is 0 Å². The van der Waals surface area contributed by atoms with E-state index in [1.165, 1.54) is 58.7 Å². The van der Waals surface area contributed by atoms with Crippen LogP contribution in [0.1, 0.15) is 77.0 Å². The molecule has 8 rings (SSSR count). The zero-order chi connectivity index (χ0) is 31.9. The average Bonchev–Trinajstić information content (AvgIpc) is 3.61. The molecule has 0 fully saturated rings. The molecule has 0 bridgehead atoms. The summed E-state index contributed by atoms with van der Waals surface area (Å²) in [7, 11) is 0. The number of para-hydroxylation sites is 2. The molecule has 0 radical (unpaired) electrons. The van der Waals surface area contributed by atoms with E-state index in [1.54, 1.807) is 0 Å². The molecule has 0 spiro atoms. The van der Waals surface area contributed by atoms with E-state index in [0.29, 0.717) is 11.8 Å². The van der Waals surface area contributed by atoms with E-state index in [0.717, 1.165) is 27.9 Å². The molecule has 8 aromatic rings. The highest BCUT2D eigenvalue weighted by Gasteiger charge is 2.26. The number of rotatable bonds is 4. The van der Waals surface area contributed by atoms with E-state index in [2.05, 4.69) is 150 Å². The number of fused-ring (bicyclic) bond motifs is 8. The third-order valence-corrected chi connectivity index (χ3v) is 10.7. The minimum atomic E-state index is 0.0557. The molecule has 3 aromatic heterocycles. The summed E-state index contributed by atoms with van der Waals surface area (Å²) in [4.78, 5) is 10.4. The summed E-state index contributed by atoms with van der Waals surface area (Å²) in [6.45, 7) is 16.2. The van der Waals surface area contributed by atoms with Crippen molar-refractivity contribution in [3.05, 3.63) is 114 Å². The number of pyridine rings is 1. The van der Waals surface area contributed by atoms with Gasteiger partial charge in [-0.15, -0.1) is 11.3 Å². The van der Waals surface area contributed by atoms with Crippen LogP contribution in [-0.4, -0.2) is 14.5 Å². The second kappa shape index (κ2) is 10.5. The molecular formula is C42H39N3S. The topological polar surface area (TPSA) is 30.7 Å². The molecule has 0 aliphatic carbocycles. The summed E-state index contributed by atoms with van der Waals surface area (Å²) < 4.78 is 4.93. The van der Waals surface area contributed by atoms with E-state index >= 15 is 0 Å². The summed E-state index contributed by atoms with van der Waals surface area (Å²) >= 11 is 1.84. The van der Waals surface area contributed by atoms with Gasteiger partial charge in [0.05, 0.1) is 26.9 Å². The molecule has 0 aliphatic heterocycles. The van der Waals surface area contributed by atoms with E-state index in [-0.39, 0.29) is 5.41 Å². The van der Waals surface area contributed by atoms with Crippen molar-refractivity contribution in [3.63, 3.8) is 0 Å². The Kier molecular flexibility index (Phi) is 6.60. The third-order valence-electron chi connectivity index (χ3n) is 9.52. The molecular weight excluding hydrogens is 579 g/mol. The van der Waals surface area contributed by atoms with Crippen LogP contribution in [-0.2, 0) is 5.41 Å². The molecule has 0 atom stereocenters. The fraction of sp³-hybridized carbons (Fsp3) is 0.238. The SMILES string of the molecule is CC(C)c1cc(C(C)(C)C)cc(C(C)C)c1-n1c(-c2ccc3sc4c5ccc6ccccc6c5cnc4c3c2)nc2ccccc21. The van der Waals surface area contributed by atoms with Gasteiger partial charge < -0.3 is 0 Å². The zero-order valence-electron chi connectivity index (χ0n) is 27.6. The molecule has 0 aliphatic rings. The normalized spacial score (nSPS) is 12.6. The molecule has 0 saturated carbocycles. The Labute approximate surface area is 274 Å². The van der Waals surface area contributed by atoms with E-state index in [1.807, 2.05) is 11.3 Å². The van der Waals surface area contributed by atoms with Crippen LogP contribution in [0.5, 0.6) is 0 Å². The van der Waals surface area contributed by atoms with Crippen LogP contribution >= 0.6 is 11.3 Å². The minimum Gasteiger partial charge on any atom is -0.292 e. The second-order valence-electron chi connectivity index (χ2n) is 14.3. The van der Waals surface area contributed by atoms with Gasteiger partial charge in [-0.1, -0.05) is 109 Å². The lowest BCUT2D eigenvalue weighted by molar-refractivity contribution is 0.586. The molecule has 3 nitrogen and oxygen atoms in total. The number of thiophene rings is 1. The number of aromatic nitrogens is 3. The Morgan fingerprint density at radius 2 is 1.41 bits per heavy atom. The lowest BCUT2D eigenvalue weighted by Crippen LogP contribution is -2.16. The van der Waals surface area contributed by atoms with Gasteiger partial charge in [-0.2, -0.15) is 0 Å². The Hall–Kier alpha value is -4.54. The van der Waals surface area contributed by atoms with Crippen molar-refractivity contribution in [2.75, 3.05) is 0 Å². The number of benzene rings is 5. The molecule has 0 N–H and O–H groups in total. The maximum absolute atomic E-state index is 5.33. The predicted octanol–water partition coefficient (Wildman–Crippen LogP) is 12.3. The van der Waals surface area contributed by atoms with Crippen molar-refractivity contribution in [3.8, 4) is 17.1 Å². The van der Waals surface area contributed by atoms with Crippen LogP contribution in [0.3, 0.4) is 0 Å². The molecule has 4 heteroatoms. The van der Waals surface area contributed by atoms with Gasteiger partial charge in [-0.3, -0.25) is 9.55 Å². The van der Waals surface area contributed by atoms with Gasteiger partial charge in [0.25, 0.3) is 0 Å². The van der Waals surface area contributed by atoms with Gasteiger partial charge in [0, 0.05) is 32.6 Å². The second-order valence-corrected chi connectivity index (χ2v) is 15.4. The fourth-order valence-electron chi connectivity index (χ4n) is 6.99. The third kappa shape index (κ3) is 4.46. The number of imidazole rings is 1. The monoisotopic (exact) mass is 617 g/mol. The number of hydrogen-bond acceptors (Lipinski definition) is 3. The Morgan fingerprint density at radius 3 is 2.15 bits per heavy atom. The number of hydrogen-bond donors (Lipinski definition) is 0. The van der Waals surface area contributed by atoms with Gasteiger partial charge in [0.2, 0.25) is 0 Å². The Morgan fingerprint density at radius 1 is 0.696 bits per heavy atom. The molecule has 46 heavy (non-hydrogen) atoms. The first-order valence-corrected chi connectivity index (χ1v) is 17.2. The maximum atomic E-state index is 5.33. The van der Waals surface area contributed by atoms with Crippen LogP contribution < -0.4 is 0 Å². The van der Waals surface area contributed by atoms with Gasteiger partial charge in [0.15, 0.2) is 0 Å². The lowest BCUT2D eigenvalue weighted by atomic mass is 9.81. The van der Waals surface area contributed by atoms with Crippen LogP contribution in [0.15, 0.2) is 97.2 Å². The van der Waals surface area contributed by atoms with Crippen molar-refractivity contribution in [2.24, 2.45) is 0 Å². The average molecular weight is 618 g/mol. The smallest absolute Gasteiger partial charge is 0.145 e. The van der Waals surface area contributed by atoms with Gasteiger partial charge in [-0.05, 0) is 75.0 Å². The highest BCUT2D eigenvalue weighted by Crippen LogP contribution is 2.43. The van der Waals surface area contributed by atoms with Crippen molar-refractivity contribution >= 4 is 64.2 Å². The van der Waals surface area contributed by atoms with Gasteiger partial charge in [0.1, 0.15) is 5.82 Å². The Bertz CT molecular complexity index is 2440. The molecule has 5 aromatic carbocycles. The van der Waals surface area contributed by atoms with Crippen molar-refractivity contribution in [1.29, 1.82) is 0 Å². The summed E-state index contributed by atoms with van der Waals surface area (Å²) in [6, 6.07) is 33.4. The van der Waals surface area contributed by atoms with E-state index in [4.69, 9.17) is 9.97 Å². The van der Waals surface area contributed by atoms with Gasteiger partial charge >= 0.3 is 0 Å². The summed E-state index contributed by atoms with van der Waals surface area (Å²) in [5, 5.41) is 6.15. The molecule has 0 unspecified atom stereocenters. The highest BCUT2D eigenvalue weighted by atomic mass is 32.1. The predicted molar refractivity (Wildman–Crippen MR) is 199 cm³/mol. The molecule has 228 valence electrons. The van der Waals surface area contributed by atoms with Crippen LogP contribution in [0.25, 0.3) is 70.0 Å². The van der Waals surface area contributed by atoms with E-state index in [9.17, 15) is 0 Å². The zero-order valence-corrected chi connectivity index (χ0v) is 28.5. The molecule has 0 amide bonds. The van der Waals surface area contributed by atoms with Crippen molar-refractivity contribution in [1.82, 2.24) is 14.5 Å². The first-order valence-electron chi connectivity index (χ1n) is 16.4. The summed E-state index contributed by atoms with van der Waals surface area (Å²) in [6.07, 6.45) is 2.06. The first-order chi connectivity index (χ1) is 22.1. The van der Waals surface area contributed by atoms with Gasteiger partial charge in [-0.25, -0.2) is 4.98 Å². The summed E-state index contributed by atoms with van der Waals surface area (Å²) in [5.74, 6) is 1.67. The molecule has 0 saturated heterocycles. The minimum absolute atomic E-state index is 0.0557. The standard InChI is InChI=1S/C42H39N3S/c1-24(2)31-21-28(42(5,6)7)22-32(25(3)4)39(31)45-36-15-11-10-14-35(36)44-41(45)27-17-19-37-33(20-27)38-40(46-37)30-18-16-26-12-8-9-13-29(26)34(30)23-43-38/h8-25H,1-7H3. The lowest BCUT2D eigenvalue weighted by Gasteiger charge is -2.28.